The fourth-order valence-electron chi connectivity index (χ4n) is 3.22. The van der Waals surface area contributed by atoms with Crippen molar-refractivity contribution in [2.24, 2.45) is 0 Å². The topological polar surface area (TPSA) is 135 Å². The molecule has 0 saturated heterocycles. The molecule has 12 heteroatoms. The highest BCUT2D eigenvalue weighted by molar-refractivity contribution is 5.76. The lowest BCUT2D eigenvalue weighted by Gasteiger charge is -2.05. The summed E-state index contributed by atoms with van der Waals surface area (Å²) in [5.74, 6) is 0.0229. The Kier molecular flexibility index (Phi) is 4.51. The molecule has 0 unspecified atom stereocenters. The van der Waals surface area contributed by atoms with Crippen molar-refractivity contribution >= 4 is 16.7 Å². The first-order valence-corrected chi connectivity index (χ1v) is 9.27. The summed E-state index contributed by atoms with van der Waals surface area (Å²) in [4.78, 5) is 32.2. The Morgan fingerprint density at radius 2 is 1.91 bits per heavy atom. The van der Waals surface area contributed by atoms with Crippen LogP contribution in [0.1, 0.15) is 5.89 Å². The molecule has 0 aliphatic rings. The van der Waals surface area contributed by atoms with Gasteiger partial charge in [-0.15, -0.1) is 0 Å². The molecule has 3 heterocycles. The number of nitro groups is 1. The molecular weight excluding hydrogens is 421 g/mol. The summed E-state index contributed by atoms with van der Waals surface area (Å²) in [5, 5.41) is 19.5. The summed E-state index contributed by atoms with van der Waals surface area (Å²) in [6.07, 6.45) is 2.58. The van der Waals surface area contributed by atoms with E-state index in [1.165, 1.54) is 58.2 Å². The summed E-state index contributed by atoms with van der Waals surface area (Å²) < 4.78 is 20.8. The van der Waals surface area contributed by atoms with E-state index in [2.05, 4.69) is 20.2 Å². The Labute approximate surface area is 177 Å². The Balaban J connectivity index is 1.49. The zero-order valence-electron chi connectivity index (χ0n) is 16.1. The molecule has 0 radical (unpaired) electrons. The zero-order chi connectivity index (χ0) is 22.2. The predicted molar refractivity (Wildman–Crippen MR) is 109 cm³/mol. The minimum absolute atomic E-state index is 0.0490. The molecule has 0 aliphatic carbocycles. The van der Waals surface area contributed by atoms with E-state index in [1.54, 1.807) is 12.1 Å². The third-order valence-electron chi connectivity index (χ3n) is 4.74. The van der Waals surface area contributed by atoms with Crippen molar-refractivity contribution in [2.75, 3.05) is 0 Å². The fourth-order valence-corrected chi connectivity index (χ4v) is 3.22. The maximum atomic E-state index is 13.1. The summed E-state index contributed by atoms with van der Waals surface area (Å²) in [6, 6.07) is 11.6. The molecule has 0 fully saturated rings. The maximum Gasteiger partial charge on any atom is 0.294 e. The quantitative estimate of drug-likeness (QED) is 0.305. The van der Waals surface area contributed by atoms with Gasteiger partial charge in [0.25, 0.3) is 11.2 Å². The SMILES string of the molecule is O=c1c2cnn(-c3ccccc3[N+](=O)[O-])c2ncn1Cc1nc(-c2ccc(F)cc2)no1. The van der Waals surface area contributed by atoms with Crippen molar-refractivity contribution in [2.45, 2.75) is 6.54 Å². The minimum atomic E-state index is -0.529. The second kappa shape index (κ2) is 7.50. The highest BCUT2D eigenvalue weighted by Crippen LogP contribution is 2.24. The zero-order valence-corrected chi connectivity index (χ0v) is 16.1. The van der Waals surface area contributed by atoms with Crippen molar-refractivity contribution in [1.29, 1.82) is 0 Å². The number of nitrogens with zero attached hydrogens (tertiary/aromatic N) is 7. The number of rotatable bonds is 5. The normalized spacial score (nSPS) is 11.2. The van der Waals surface area contributed by atoms with E-state index >= 15 is 0 Å². The lowest BCUT2D eigenvalue weighted by Crippen LogP contribution is -2.21. The number of hydrogen-bond donors (Lipinski definition) is 0. The van der Waals surface area contributed by atoms with Gasteiger partial charge in [0.1, 0.15) is 29.8 Å². The fraction of sp³-hybridized carbons (Fsp3) is 0.0500. The molecule has 5 aromatic rings. The summed E-state index contributed by atoms with van der Waals surface area (Å²) >= 11 is 0. The predicted octanol–water partition coefficient (Wildman–Crippen LogP) is 2.73. The van der Waals surface area contributed by atoms with Crippen molar-refractivity contribution in [3.63, 3.8) is 0 Å². The maximum absolute atomic E-state index is 13.1. The van der Waals surface area contributed by atoms with Crippen molar-refractivity contribution in [3.05, 3.63) is 93.2 Å². The molecule has 158 valence electrons. The molecule has 3 aromatic heterocycles. The standard InChI is InChI=1S/C20H12FN7O4/c21-13-7-5-12(6-8-13)18-24-17(32-25-18)10-26-11-22-19-14(20(26)29)9-23-27(19)15-3-1-2-4-16(15)28(30)31/h1-9,11H,10H2. The van der Waals surface area contributed by atoms with Crippen LogP contribution in [-0.4, -0.2) is 34.4 Å². The van der Waals surface area contributed by atoms with Gasteiger partial charge in [-0.25, -0.2) is 14.1 Å². The van der Waals surface area contributed by atoms with E-state index in [1.807, 2.05) is 0 Å². The molecule has 32 heavy (non-hydrogen) atoms. The van der Waals surface area contributed by atoms with Gasteiger partial charge in [-0.05, 0) is 30.3 Å². The van der Waals surface area contributed by atoms with Crippen LogP contribution >= 0.6 is 0 Å². The number of halogens is 1. The average molecular weight is 433 g/mol. The molecule has 0 spiro atoms. The van der Waals surface area contributed by atoms with Crippen molar-refractivity contribution in [1.82, 2.24) is 29.5 Å². The molecule has 0 saturated carbocycles. The number of fused-ring (bicyclic) bond motifs is 1. The van der Waals surface area contributed by atoms with Crippen LogP contribution in [0.15, 0.2) is 70.4 Å². The molecule has 11 nitrogen and oxygen atoms in total. The molecule has 0 N–H and O–H groups in total. The van der Waals surface area contributed by atoms with Gasteiger partial charge in [0, 0.05) is 11.6 Å². The van der Waals surface area contributed by atoms with Gasteiger partial charge in [0.2, 0.25) is 11.7 Å². The van der Waals surface area contributed by atoms with E-state index in [4.69, 9.17) is 4.52 Å². The Morgan fingerprint density at radius 1 is 1.12 bits per heavy atom. The van der Waals surface area contributed by atoms with E-state index in [0.29, 0.717) is 5.56 Å². The first-order valence-electron chi connectivity index (χ1n) is 9.27. The molecule has 0 amide bonds. The number of hydrogen-bond acceptors (Lipinski definition) is 8. The second-order valence-electron chi connectivity index (χ2n) is 6.74. The van der Waals surface area contributed by atoms with E-state index in [0.717, 1.165) is 0 Å². The molecule has 2 aromatic carbocycles. The smallest absolute Gasteiger partial charge is 0.294 e. The lowest BCUT2D eigenvalue weighted by molar-refractivity contribution is -0.384. The van der Waals surface area contributed by atoms with Crippen molar-refractivity contribution in [3.8, 4) is 17.1 Å². The van der Waals surface area contributed by atoms with Gasteiger partial charge in [0.15, 0.2) is 5.65 Å². The van der Waals surface area contributed by atoms with Crippen LogP contribution in [0, 0.1) is 15.9 Å². The van der Waals surface area contributed by atoms with Crippen LogP contribution < -0.4 is 5.56 Å². The summed E-state index contributed by atoms with van der Waals surface area (Å²) in [5.41, 5.74) is 0.341. The Morgan fingerprint density at radius 3 is 2.69 bits per heavy atom. The minimum Gasteiger partial charge on any atom is -0.337 e. The Hall–Kier alpha value is -4.74. The number of benzene rings is 2. The van der Waals surface area contributed by atoms with Gasteiger partial charge in [0.05, 0.1) is 11.1 Å². The largest absolute Gasteiger partial charge is 0.337 e. The summed E-state index contributed by atoms with van der Waals surface area (Å²) in [6.45, 7) is -0.0490. The first kappa shape index (κ1) is 19.2. The van der Waals surface area contributed by atoms with Crippen molar-refractivity contribution < 1.29 is 13.8 Å². The molecule has 0 aliphatic heterocycles. The molecule has 0 bridgehead atoms. The van der Waals surface area contributed by atoms with Crippen LogP contribution in [0.25, 0.3) is 28.1 Å². The van der Waals surface area contributed by atoms with E-state index in [9.17, 15) is 19.3 Å². The second-order valence-corrected chi connectivity index (χ2v) is 6.74. The monoisotopic (exact) mass is 433 g/mol. The first-order chi connectivity index (χ1) is 15.5. The van der Waals surface area contributed by atoms with Gasteiger partial charge >= 0.3 is 0 Å². The highest BCUT2D eigenvalue weighted by atomic mass is 19.1. The van der Waals surface area contributed by atoms with Gasteiger partial charge < -0.3 is 4.52 Å². The average Bonchev–Trinajstić information content (AvgIpc) is 3.44. The molecule has 0 atom stereocenters. The van der Waals surface area contributed by atoms with E-state index in [-0.39, 0.29) is 46.5 Å². The molecular formula is C20H12FN7O4. The van der Waals surface area contributed by atoms with Crippen LogP contribution in [0.5, 0.6) is 0 Å². The molecule has 5 rings (SSSR count). The van der Waals surface area contributed by atoms with Crippen LogP contribution in [0.4, 0.5) is 10.1 Å². The third kappa shape index (κ3) is 3.29. The number of nitro benzene ring substituents is 1. The lowest BCUT2D eigenvalue weighted by atomic mass is 10.2. The van der Waals surface area contributed by atoms with Gasteiger partial charge in [-0.1, -0.05) is 17.3 Å². The summed E-state index contributed by atoms with van der Waals surface area (Å²) in [7, 11) is 0. The van der Waals surface area contributed by atoms with Crippen LogP contribution in [0.3, 0.4) is 0 Å². The number of aromatic nitrogens is 6. The van der Waals surface area contributed by atoms with Gasteiger partial charge in [-0.2, -0.15) is 10.1 Å². The highest BCUT2D eigenvalue weighted by Gasteiger charge is 2.19. The Bertz CT molecular complexity index is 1520. The van der Waals surface area contributed by atoms with Crippen LogP contribution in [-0.2, 0) is 6.54 Å². The van der Waals surface area contributed by atoms with Gasteiger partial charge in [-0.3, -0.25) is 19.5 Å². The van der Waals surface area contributed by atoms with Crippen LogP contribution in [0.2, 0.25) is 0 Å². The van der Waals surface area contributed by atoms with E-state index < -0.39 is 10.5 Å². The third-order valence-corrected chi connectivity index (χ3v) is 4.74. The number of para-hydroxylation sites is 2.